The summed E-state index contributed by atoms with van der Waals surface area (Å²) in [5, 5.41) is 0. The molecule has 88 valence electrons. The molecule has 0 radical (unpaired) electrons. The lowest BCUT2D eigenvalue weighted by atomic mass is 10.4. The van der Waals surface area contributed by atoms with E-state index in [1.165, 1.54) is 19.3 Å². The zero-order chi connectivity index (χ0) is 11.1. The van der Waals surface area contributed by atoms with E-state index in [2.05, 4.69) is 16.8 Å². The fraction of sp³-hybridized carbons (Fsp3) is 0.909. The van der Waals surface area contributed by atoms with Crippen molar-refractivity contribution in [3.8, 4) is 0 Å². The molecule has 0 saturated heterocycles. The zero-order valence-electron chi connectivity index (χ0n) is 9.91. The van der Waals surface area contributed by atoms with E-state index >= 15 is 0 Å². The molecular weight excluding hydrogens is 190 g/mol. The molecular formula is C11H23N3O. The molecule has 0 aliphatic heterocycles. The quantitative estimate of drug-likeness (QED) is 0.393. The third-order valence-electron chi connectivity index (χ3n) is 2.61. The van der Waals surface area contributed by atoms with Gasteiger partial charge in [0, 0.05) is 19.7 Å². The maximum Gasteiger partial charge on any atom is 0.191 e. The van der Waals surface area contributed by atoms with Gasteiger partial charge in [-0.15, -0.1) is 0 Å². The van der Waals surface area contributed by atoms with Crippen LogP contribution in [0.5, 0.6) is 0 Å². The molecule has 4 nitrogen and oxygen atoms in total. The Hall–Kier alpha value is -0.770. The fourth-order valence-electron chi connectivity index (χ4n) is 1.33. The Morgan fingerprint density at radius 2 is 2.20 bits per heavy atom. The van der Waals surface area contributed by atoms with Crippen LogP contribution >= 0.6 is 0 Å². The smallest absolute Gasteiger partial charge is 0.191 e. The molecule has 0 atom stereocenters. The SMILES string of the molecule is CCCCOCCN=C(N)N(C)C1CC1. The summed E-state index contributed by atoms with van der Waals surface area (Å²) >= 11 is 0. The van der Waals surface area contributed by atoms with E-state index in [0.717, 1.165) is 13.0 Å². The second-order valence-electron chi connectivity index (χ2n) is 4.05. The zero-order valence-corrected chi connectivity index (χ0v) is 9.91. The lowest BCUT2D eigenvalue weighted by molar-refractivity contribution is 0.138. The summed E-state index contributed by atoms with van der Waals surface area (Å²) in [6.45, 7) is 4.35. The number of nitrogens with zero attached hydrogens (tertiary/aromatic N) is 2. The highest BCUT2D eigenvalue weighted by atomic mass is 16.5. The van der Waals surface area contributed by atoms with Gasteiger partial charge in [-0.05, 0) is 19.3 Å². The monoisotopic (exact) mass is 213 g/mol. The molecule has 1 fully saturated rings. The molecule has 1 aliphatic carbocycles. The van der Waals surface area contributed by atoms with Crippen LogP contribution in [0.2, 0.25) is 0 Å². The maximum absolute atomic E-state index is 5.82. The van der Waals surface area contributed by atoms with Gasteiger partial charge in [0.25, 0.3) is 0 Å². The van der Waals surface area contributed by atoms with Crippen molar-refractivity contribution in [3.63, 3.8) is 0 Å². The van der Waals surface area contributed by atoms with Crippen LogP contribution in [-0.2, 0) is 4.74 Å². The summed E-state index contributed by atoms with van der Waals surface area (Å²) in [7, 11) is 2.01. The van der Waals surface area contributed by atoms with E-state index in [9.17, 15) is 0 Å². The molecule has 4 heteroatoms. The number of hydrogen-bond acceptors (Lipinski definition) is 2. The van der Waals surface area contributed by atoms with Crippen molar-refractivity contribution >= 4 is 5.96 Å². The van der Waals surface area contributed by atoms with Gasteiger partial charge >= 0.3 is 0 Å². The standard InChI is InChI=1S/C11H23N3O/c1-3-4-8-15-9-7-13-11(12)14(2)10-5-6-10/h10H,3-9H2,1-2H3,(H2,12,13). The molecule has 0 spiro atoms. The third kappa shape index (κ3) is 5.02. The second-order valence-corrected chi connectivity index (χ2v) is 4.05. The highest BCUT2D eigenvalue weighted by Gasteiger charge is 2.27. The second kappa shape index (κ2) is 6.67. The van der Waals surface area contributed by atoms with Crippen LogP contribution < -0.4 is 5.73 Å². The molecule has 0 aromatic carbocycles. The number of guanidine groups is 1. The summed E-state index contributed by atoms with van der Waals surface area (Å²) in [4.78, 5) is 6.34. The maximum atomic E-state index is 5.82. The van der Waals surface area contributed by atoms with Crippen molar-refractivity contribution in [2.45, 2.75) is 38.6 Å². The van der Waals surface area contributed by atoms with E-state index in [-0.39, 0.29) is 0 Å². The molecule has 1 rings (SSSR count). The van der Waals surface area contributed by atoms with Crippen LogP contribution in [0.25, 0.3) is 0 Å². The average Bonchev–Trinajstić information content (AvgIpc) is 3.05. The Kier molecular flexibility index (Phi) is 5.47. The van der Waals surface area contributed by atoms with Crippen LogP contribution in [0.15, 0.2) is 4.99 Å². The van der Waals surface area contributed by atoms with Gasteiger partial charge in [-0.3, -0.25) is 4.99 Å². The Morgan fingerprint density at radius 1 is 1.47 bits per heavy atom. The molecule has 1 aliphatic rings. The average molecular weight is 213 g/mol. The van der Waals surface area contributed by atoms with Crippen molar-refractivity contribution in [2.24, 2.45) is 10.7 Å². The van der Waals surface area contributed by atoms with E-state index in [0.29, 0.717) is 25.2 Å². The number of unbranched alkanes of at least 4 members (excludes halogenated alkanes) is 1. The van der Waals surface area contributed by atoms with E-state index in [1.807, 2.05) is 7.05 Å². The summed E-state index contributed by atoms with van der Waals surface area (Å²) < 4.78 is 5.40. The van der Waals surface area contributed by atoms with Crippen molar-refractivity contribution in [1.29, 1.82) is 0 Å². The molecule has 0 unspecified atom stereocenters. The third-order valence-corrected chi connectivity index (χ3v) is 2.61. The Labute approximate surface area is 92.5 Å². The summed E-state index contributed by atoms with van der Waals surface area (Å²) in [6, 6.07) is 0.634. The normalized spacial score (nSPS) is 16.8. The first kappa shape index (κ1) is 12.3. The number of hydrogen-bond donors (Lipinski definition) is 1. The topological polar surface area (TPSA) is 50.9 Å². The molecule has 1 saturated carbocycles. The van der Waals surface area contributed by atoms with Crippen LogP contribution in [0, 0.1) is 0 Å². The van der Waals surface area contributed by atoms with Crippen LogP contribution in [0.3, 0.4) is 0 Å². The number of aliphatic imine (C=N–C) groups is 1. The Morgan fingerprint density at radius 3 is 2.80 bits per heavy atom. The predicted molar refractivity (Wildman–Crippen MR) is 63.0 cm³/mol. The van der Waals surface area contributed by atoms with Crippen LogP contribution in [-0.4, -0.2) is 43.7 Å². The summed E-state index contributed by atoms with van der Waals surface area (Å²) in [5.41, 5.74) is 5.82. The van der Waals surface area contributed by atoms with Crippen molar-refractivity contribution < 1.29 is 4.74 Å². The lowest BCUT2D eigenvalue weighted by Gasteiger charge is -2.16. The largest absolute Gasteiger partial charge is 0.380 e. The van der Waals surface area contributed by atoms with E-state index in [1.54, 1.807) is 0 Å². The van der Waals surface area contributed by atoms with E-state index < -0.39 is 0 Å². The minimum atomic E-state index is 0.634. The first-order valence-electron chi connectivity index (χ1n) is 5.86. The van der Waals surface area contributed by atoms with Crippen LogP contribution in [0.1, 0.15) is 32.6 Å². The van der Waals surface area contributed by atoms with Gasteiger partial charge in [0.1, 0.15) is 0 Å². The first-order chi connectivity index (χ1) is 7.25. The van der Waals surface area contributed by atoms with Gasteiger partial charge in [0.05, 0.1) is 13.2 Å². The minimum absolute atomic E-state index is 0.634. The molecule has 2 N–H and O–H groups in total. The van der Waals surface area contributed by atoms with Gasteiger partial charge in [-0.2, -0.15) is 0 Å². The van der Waals surface area contributed by atoms with Gasteiger partial charge < -0.3 is 15.4 Å². The van der Waals surface area contributed by atoms with Gasteiger partial charge in [-0.25, -0.2) is 0 Å². The predicted octanol–water partition coefficient (Wildman–Crippen LogP) is 1.21. The Bertz CT molecular complexity index is 202. The molecule has 0 bridgehead atoms. The molecule has 0 amide bonds. The number of nitrogens with two attached hydrogens (primary N) is 1. The van der Waals surface area contributed by atoms with Crippen LogP contribution in [0.4, 0.5) is 0 Å². The first-order valence-corrected chi connectivity index (χ1v) is 5.86. The molecule has 0 aromatic rings. The number of rotatable bonds is 7. The summed E-state index contributed by atoms with van der Waals surface area (Å²) in [6.07, 6.45) is 4.80. The summed E-state index contributed by atoms with van der Waals surface area (Å²) in [5.74, 6) is 0.650. The molecule has 0 heterocycles. The van der Waals surface area contributed by atoms with Gasteiger partial charge in [0.15, 0.2) is 5.96 Å². The van der Waals surface area contributed by atoms with Crippen molar-refractivity contribution in [1.82, 2.24) is 4.90 Å². The fourth-order valence-corrected chi connectivity index (χ4v) is 1.33. The van der Waals surface area contributed by atoms with Gasteiger partial charge in [0.2, 0.25) is 0 Å². The lowest BCUT2D eigenvalue weighted by Crippen LogP contribution is -2.36. The highest BCUT2D eigenvalue weighted by Crippen LogP contribution is 2.24. The molecule has 0 aromatic heterocycles. The minimum Gasteiger partial charge on any atom is -0.380 e. The van der Waals surface area contributed by atoms with Crippen molar-refractivity contribution in [2.75, 3.05) is 26.8 Å². The Balaban J connectivity index is 2.03. The van der Waals surface area contributed by atoms with Gasteiger partial charge in [-0.1, -0.05) is 13.3 Å². The van der Waals surface area contributed by atoms with E-state index in [4.69, 9.17) is 10.5 Å². The number of ether oxygens (including phenoxy) is 1. The highest BCUT2D eigenvalue weighted by molar-refractivity contribution is 5.78. The van der Waals surface area contributed by atoms with Crippen molar-refractivity contribution in [3.05, 3.63) is 0 Å². The molecule has 15 heavy (non-hydrogen) atoms.